The van der Waals surface area contributed by atoms with Gasteiger partial charge >= 0.3 is 5.97 Å². The van der Waals surface area contributed by atoms with Crippen LogP contribution in [0.25, 0.3) is 0 Å². The SMILES string of the molecule is COC(=O)c1ccccc1C(=O)c1ccc(CCCCCO)s1. The lowest BCUT2D eigenvalue weighted by molar-refractivity contribution is 0.0597. The van der Waals surface area contributed by atoms with Gasteiger partial charge in [0.15, 0.2) is 0 Å². The summed E-state index contributed by atoms with van der Waals surface area (Å²) < 4.78 is 4.74. The topological polar surface area (TPSA) is 63.6 Å². The third kappa shape index (κ3) is 4.50. The van der Waals surface area contributed by atoms with E-state index in [4.69, 9.17) is 9.84 Å². The van der Waals surface area contributed by atoms with Crippen LogP contribution in [0.5, 0.6) is 0 Å². The molecular formula is C18H20O4S. The van der Waals surface area contributed by atoms with Crippen LogP contribution < -0.4 is 0 Å². The van der Waals surface area contributed by atoms with Crippen LogP contribution in [0.3, 0.4) is 0 Å². The second-order valence-electron chi connectivity index (χ2n) is 5.17. The van der Waals surface area contributed by atoms with Crippen molar-refractivity contribution in [2.24, 2.45) is 0 Å². The summed E-state index contributed by atoms with van der Waals surface area (Å²) in [5.41, 5.74) is 0.658. The zero-order valence-electron chi connectivity index (χ0n) is 13.1. The quantitative estimate of drug-likeness (QED) is 0.457. The highest BCUT2D eigenvalue weighted by Gasteiger charge is 2.19. The fraction of sp³-hybridized carbons (Fsp3) is 0.333. The Morgan fingerprint density at radius 1 is 1.04 bits per heavy atom. The number of rotatable bonds is 8. The predicted molar refractivity (Wildman–Crippen MR) is 90.2 cm³/mol. The first-order valence-corrected chi connectivity index (χ1v) is 8.40. The molecular weight excluding hydrogens is 312 g/mol. The number of aryl methyl sites for hydroxylation is 1. The number of hydrogen-bond donors (Lipinski definition) is 1. The van der Waals surface area contributed by atoms with Crippen LogP contribution in [0.2, 0.25) is 0 Å². The molecule has 2 aromatic rings. The maximum Gasteiger partial charge on any atom is 0.338 e. The molecule has 2 rings (SSSR count). The Bertz CT molecular complexity index is 675. The van der Waals surface area contributed by atoms with Crippen molar-refractivity contribution < 1.29 is 19.4 Å². The van der Waals surface area contributed by atoms with Gasteiger partial charge in [-0.05, 0) is 37.5 Å². The molecule has 5 heteroatoms. The van der Waals surface area contributed by atoms with Crippen molar-refractivity contribution in [3.05, 3.63) is 57.3 Å². The van der Waals surface area contributed by atoms with Gasteiger partial charge in [0.2, 0.25) is 5.78 Å². The van der Waals surface area contributed by atoms with Gasteiger partial charge in [-0.25, -0.2) is 4.79 Å². The molecule has 4 nitrogen and oxygen atoms in total. The van der Waals surface area contributed by atoms with Gasteiger partial charge in [0.1, 0.15) is 0 Å². The maximum atomic E-state index is 12.6. The van der Waals surface area contributed by atoms with Crippen LogP contribution in [0.1, 0.15) is 49.7 Å². The normalized spacial score (nSPS) is 10.5. The number of thiophene rings is 1. The predicted octanol–water partition coefficient (Wildman–Crippen LogP) is 3.47. The molecule has 122 valence electrons. The average molecular weight is 332 g/mol. The highest BCUT2D eigenvalue weighted by molar-refractivity contribution is 7.14. The van der Waals surface area contributed by atoms with Crippen molar-refractivity contribution in [1.82, 2.24) is 0 Å². The molecule has 0 unspecified atom stereocenters. The molecule has 0 saturated heterocycles. The molecule has 0 aliphatic carbocycles. The number of esters is 1. The van der Waals surface area contributed by atoms with Crippen molar-refractivity contribution in [1.29, 1.82) is 0 Å². The average Bonchev–Trinajstić information content (AvgIpc) is 3.06. The minimum absolute atomic E-state index is 0.155. The van der Waals surface area contributed by atoms with E-state index in [0.717, 1.165) is 30.6 Å². The largest absolute Gasteiger partial charge is 0.465 e. The number of carbonyl (C=O) groups is 2. The lowest BCUT2D eigenvalue weighted by atomic mass is 10.0. The summed E-state index contributed by atoms with van der Waals surface area (Å²) in [7, 11) is 1.30. The number of aliphatic hydroxyl groups excluding tert-OH is 1. The van der Waals surface area contributed by atoms with Crippen LogP contribution in [-0.4, -0.2) is 30.6 Å². The smallest absolute Gasteiger partial charge is 0.338 e. The number of benzene rings is 1. The van der Waals surface area contributed by atoms with Gasteiger partial charge in [-0.1, -0.05) is 24.6 Å². The van der Waals surface area contributed by atoms with E-state index in [0.29, 0.717) is 10.4 Å². The molecule has 23 heavy (non-hydrogen) atoms. The minimum Gasteiger partial charge on any atom is -0.465 e. The van der Waals surface area contributed by atoms with E-state index < -0.39 is 5.97 Å². The third-order valence-electron chi connectivity index (χ3n) is 3.54. The van der Waals surface area contributed by atoms with Gasteiger partial charge in [0.25, 0.3) is 0 Å². The summed E-state index contributed by atoms with van der Waals surface area (Å²) in [4.78, 5) is 26.2. The number of ether oxygens (including phenoxy) is 1. The van der Waals surface area contributed by atoms with E-state index in [-0.39, 0.29) is 18.0 Å². The molecule has 0 saturated carbocycles. The molecule has 0 fully saturated rings. The van der Waals surface area contributed by atoms with Gasteiger partial charge < -0.3 is 9.84 Å². The summed E-state index contributed by atoms with van der Waals surface area (Å²) in [6.07, 6.45) is 3.68. The minimum atomic E-state index is -0.505. The zero-order valence-corrected chi connectivity index (χ0v) is 13.9. The number of carbonyl (C=O) groups excluding carboxylic acids is 2. The molecule has 0 atom stereocenters. The summed E-state index contributed by atoms with van der Waals surface area (Å²) in [5, 5.41) is 8.78. The number of hydrogen-bond acceptors (Lipinski definition) is 5. The second-order valence-corrected chi connectivity index (χ2v) is 6.33. The Morgan fingerprint density at radius 2 is 1.78 bits per heavy atom. The molecule has 0 aliphatic rings. The molecule has 1 aromatic heterocycles. The fourth-order valence-electron chi connectivity index (χ4n) is 2.32. The Morgan fingerprint density at radius 3 is 2.48 bits per heavy atom. The van der Waals surface area contributed by atoms with Crippen molar-refractivity contribution in [3.8, 4) is 0 Å². The monoisotopic (exact) mass is 332 g/mol. The molecule has 0 radical (unpaired) electrons. The summed E-state index contributed by atoms with van der Waals surface area (Å²) in [5.74, 6) is -0.660. The number of aliphatic hydroxyl groups is 1. The molecule has 0 spiro atoms. The Hall–Kier alpha value is -1.98. The van der Waals surface area contributed by atoms with Crippen molar-refractivity contribution in [2.75, 3.05) is 13.7 Å². The zero-order chi connectivity index (χ0) is 16.7. The second kappa shape index (κ2) is 8.60. The van der Waals surface area contributed by atoms with Crippen LogP contribution in [0.4, 0.5) is 0 Å². The number of methoxy groups -OCH3 is 1. The first-order valence-electron chi connectivity index (χ1n) is 7.59. The Kier molecular flexibility index (Phi) is 6.50. The number of ketones is 1. The first kappa shape index (κ1) is 17.4. The molecule has 1 aromatic carbocycles. The molecule has 1 N–H and O–H groups in total. The van der Waals surface area contributed by atoms with Crippen molar-refractivity contribution in [3.63, 3.8) is 0 Å². The van der Waals surface area contributed by atoms with Gasteiger partial charge in [0.05, 0.1) is 17.6 Å². The summed E-state index contributed by atoms with van der Waals surface area (Å²) >= 11 is 1.46. The maximum absolute atomic E-state index is 12.6. The van der Waals surface area contributed by atoms with Crippen LogP contribution in [-0.2, 0) is 11.2 Å². The summed E-state index contributed by atoms with van der Waals surface area (Å²) in [6, 6.07) is 10.5. The van der Waals surface area contributed by atoms with Crippen LogP contribution in [0.15, 0.2) is 36.4 Å². The fourth-order valence-corrected chi connectivity index (χ4v) is 3.33. The van der Waals surface area contributed by atoms with E-state index in [9.17, 15) is 9.59 Å². The Labute approximate surface area is 139 Å². The van der Waals surface area contributed by atoms with Gasteiger partial charge in [-0.15, -0.1) is 11.3 Å². The Balaban J connectivity index is 2.12. The van der Waals surface area contributed by atoms with Crippen molar-refractivity contribution >= 4 is 23.1 Å². The van der Waals surface area contributed by atoms with Gasteiger partial charge in [-0.2, -0.15) is 0 Å². The standard InChI is InChI=1S/C18H20O4S/c1-22-18(21)15-9-5-4-8-14(15)17(20)16-11-10-13(23-16)7-3-2-6-12-19/h4-5,8-11,19H,2-3,6-7,12H2,1H3. The highest BCUT2D eigenvalue weighted by atomic mass is 32.1. The van der Waals surface area contributed by atoms with E-state index in [1.165, 1.54) is 18.4 Å². The molecule has 0 bridgehead atoms. The molecule has 0 amide bonds. The number of unbranched alkanes of at least 4 members (excludes halogenated alkanes) is 2. The summed E-state index contributed by atoms with van der Waals surface area (Å²) in [6.45, 7) is 0.221. The van der Waals surface area contributed by atoms with E-state index >= 15 is 0 Å². The van der Waals surface area contributed by atoms with Crippen LogP contribution >= 0.6 is 11.3 Å². The van der Waals surface area contributed by atoms with E-state index in [2.05, 4.69) is 0 Å². The highest BCUT2D eigenvalue weighted by Crippen LogP contribution is 2.23. The third-order valence-corrected chi connectivity index (χ3v) is 4.69. The lowest BCUT2D eigenvalue weighted by Crippen LogP contribution is -2.10. The first-order chi connectivity index (χ1) is 11.2. The van der Waals surface area contributed by atoms with Crippen molar-refractivity contribution in [2.45, 2.75) is 25.7 Å². The lowest BCUT2D eigenvalue weighted by Gasteiger charge is -2.05. The molecule has 1 heterocycles. The van der Waals surface area contributed by atoms with E-state index in [1.807, 2.05) is 12.1 Å². The van der Waals surface area contributed by atoms with E-state index in [1.54, 1.807) is 24.3 Å². The van der Waals surface area contributed by atoms with Crippen LogP contribution in [0, 0.1) is 0 Å². The van der Waals surface area contributed by atoms with Gasteiger partial charge in [0, 0.05) is 17.0 Å². The van der Waals surface area contributed by atoms with Gasteiger partial charge in [-0.3, -0.25) is 4.79 Å². The molecule has 0 aliphatic heterocycles.